The van der Waals surface area contributed by atoms with E-state index in [1.165, 1.54) is 17.2 Å². The SMILES string of the molecule is N#CC1CCCN1C(=O)CNC(=O)c1ccnc2ccc(SF)cc12. The third-order valence-electron chi connectivity index (χ3n) is 4.17. The molecule has 2 heterocycles. The number of aromatic nitrogens is 1. The number of carbonyl (C=O) groups is 2. The lowest BCUT2D eigenvalue weighted by Crippen LogP contribution is -2.42. The van der Waals surface area contributed by atoms with Crippen LogP contribution in [0.5, 0.6) is 0 Å². The molecule has 0 aliphatic carbocycles. The number of nitrogens with zero attached hydrogens (tertiary/aromatic N) is 3. The molecule has 3 rings (SSSR count). The number of hydrogen-bond acceptors (Lipinski definition) is 5. The molecule has 128 valence electrons. The molecule has 1 fully saturated rings. The molecule has 6 nitrogen and oxygen atoms in total. The highest BCUT2D eigenvalue weighted by molar-refractivity contribution is 7.94. The van der Waals surface area contributed by atoms with Gasteiger partial charge < -0.3 is 10.2 Å². The Hall–Kier alpha value is -2.66. The number of pyridine rings is 1. The number of hydrogen-bond donors (Lipinski definition) is 1. The predicted molar refractivity (Wildman–Crippen MR) is 91.4 cm³/mol. The number of halogens is 1. The summed E-state index contributed by atoms with van der Waals surface area (Å²) >= 11 is 0.0909. The van der Waals surface area contributed by atoms with Crippen molar-refractivity contribution in [1.29, 1.82) is 5.26 Å². The molecule has 1 unspecified atom stereocenters. The van der Waals surface area contributed by atoms with Gasteiger partial charge in [0.05, 0.1) is 35.8 Å². The first-order valence-electron chi connectivity index (χ1n) is 7.78. The Bertz CT molecular complexity index is 867. The zero-order chi connectivity index (χ0) is 17.8. The topological polar surface area (TPSA) is 86.1 Å². The molecule has 1 aromatic heterocycles. The standard InChI is InChI=1S/C17H15FN4O2S/c18-25-12-3-4-15-14(8-12)13(5-6-20-15)17(24)21-10-16(23)22-7-1-2-11(22)9-19/h3-6,8,11H,1-2,7,10H2,(H,21,24). The van der Waals surface area contributed by atoms with Crippen LogP contribution in [0.1, 0.15) is 23.2 Å². The largest absolute Gasteiger partial charge is 0.343 e. The Morgan fingerprint density at radius 1 is 1.44 bits per heavy atom. The number of carbonyl (C=O) groups excluding carboxylic acids is 2. The minimum atomic E-state index is -0.436. The van der Waals surface area contributed by atoms with Gasteiger partial charge in [0.1, 0.15) is 6.04 Å². The van der Waals surface area contributed by atoms with E-state index in [1.54, 1.807) is 18.2 Å². The molecule has 2 aromatic rings. The van der Waals surface area contributed by atoms with Crippen molar-refractivity contribution >= 4 is 34.9 Å². The predicted octanol–water partition coefficient (Wildman–Crippen LogP) is 2.46. The normalized spacial score (nSPS) is 16.6. The number of likely N-dealkylation sites (tertiary alicyclic amines) is 1. The van der Waals surface area contributed by atoms with Crippen LogP contribution in [0.3, 0.4) is 0 Å². The van der Waals surface area contributed by atoms with E-state index in [0.29, 0.717) is 34.3 Å². The van der Waals surface area contributed by atoms with E-state index in [9.17, 15) is 13.5 Å². The second-order valence-electron chi connectivity index (χ2n) is 5.67. The van der Waals surface area contributed by atoms with Gasteiger partial charge in [-0.2, -0.15) is 9.15 Å². The number of benzene rings is 1. The quantitative estimate of drug-likeness (QED) is 0.907. The van der Waals surface area contributed by atoms with Crippen molar-refractivity contribution in [3.05, 3.63) is 36.0 Å². The Morgan fingerprint density at radius 3 is 3.04 bits per heavy atom. The molecule has 0 radical (unpaired) electrons. The summed E-state index contributed by atoms with van der Waals surface area (Å²) in [7, 11) is 0. The van der Waals surface area contributed by atoms with Gasteiger partial charge in [0.25, 0.3) is 5.91 Å². The molecule has 1 atom stereocenters. The van der Waals surface area contributed by atoms with Gasteiger partial charge in [-0.1, -0.05) is 0 Å². The van der Waals surface area contributed by atoms with Crippen molar-refractivity contribution in [2.75, 3.05) is 13.1 Å². The van der Waals surface area contributed by atoms with E-state index >= 15 is 0 Å². The summed E-state index contributed by atoms with van der Waals surface area (Å²) in [6.07, 6.45) is 2.94. The molecule has 1 aliphatic heterocycles. The number of fused-ring (bicyclic) bond motifs is 1. The lowest BCUT2D eigenvalue weighted by molar-refractivity contribution is -0.130. The molecule has 0 saturated carbocycles. The summed E-state index contributed by atoms with van der Waals surface area (Å²) in [4.78, 5) is 30.7. The van der Waals surface area contributed by atoms with Gasteiger partial charge in [-0.3, -0.25) is 14.6 Å². The van der Waals surface area contributed by atoms with Crippen LogP contribution in [-0.4, -0.2) is 40.8 Å². The lowest BCUT2D eigenvalue weighted by Gasteiger charge is -2.19. The third kappa shape index (κ3) is 3.56. The Balaban J connectivity index is 1.74. The maximum atomic E-state index is 12.8. The van der Waals surface area contributed by atoms with Crippen molar-refractivity contribution in [2.24, 2.45) is 0 Å². The van der Waals surface area contributed by atoms with Crippen LogP contribution in [0.2, 0.25) is 0 Å². The Morgan fingerprint density at radius 2 is 2.28 bits per heavy atom. The first kappa shape index (κ1) is 17.2. The maximum absolute atomic E-state index is 12.8. The molecule has 2 amide bonds. The Labute approximate surface area is 148 Å². The van der Waals surface area contributed by atoms with E-state index in [1.807, 2.05) is 0 Å². The van der Waals surface area contributed by atoms with Gasteiger partial charge in [-0.25, -0.2) is 0 Å². The highest BCUT2D eigenvalue weighted by atomic mass is 32.2. The zero-order valence-electron chi connectivity index (χ0n) is 13.2. The first-order valence-corrected chi connectivity index (χ1v) is 8.50. The highest BCUT2D eigenvalue weighted by Gasteiger charge is 2.28. The van der Waals surface area contributed by atoms with Crippen molar-refractivity contribution in [3.63, 3.8) is 0 Å². The average molecular weight is 358 g/mol. The summed E-state index contributed by atoms with van der Waals surface area (Å²) in [5.74, 6) is -0.717. The van der Waals surface area contributed by atoms with Crippen molar-refractivity contribution in [2.45, 2.75) is 23.8 Å². The number of rotatable bonds is 4. The molecular formula is C17H15FN4O2S. The second-order valence-corrected chi connectivity index (χ2v) is 6.30. The minimum absolute atomic E-state index is 0.0909. The van der Waals surface area contributed by atoms with Gasteiger partial charge in [0, 0.05) is 23.0 Å². The van der Waals surface area contributed by atoms with Crippen LogP contribution in [-0.2, 0) is 4.79 Å². The van der Waals surface area contributed by atoms with Crippen LogP contribution < -0.4 is 5.32 Å². The highest BCUT2D eigenvalue weighted by Crippen LogP contribution is 2.25. The summed E-state index contributed by atoms with van der Waals surface area (Å²) in [5.41, 5.74) is 0.896. The van der Waals surface area contributed by atoms with Gasteiger partial charge in [0.2, 0.25) is 5.91 Å². The monoisotopic (exact) mass is 358 g/mol. The van der Waals surface area contributed by atoms with Crippen LogP contribution in [0.15, 0.2) is 35.4 Å². The molecule has 25 heavy (non-hydrogen) atoms. The van der Waals surface area contributed by atoms with Crippen molar-refractivity contribution < 1.29 is 13.5 Å². The molecule has 8 heteroatoms. The molecule has 1 aromatic carbocycles. The summed E-state index contributed by atoms with van der Waals surface area (Å²) in [6, 6.07) is 7.98. The van der Waals surface area contributed by atoms with Crippen LogP contribution in [0, 0.1) is 11.3 Å². The average Bonchev–Trinajstić information content (AvgIpc) is 3.13. The number of nitrogens with one attached hydrogen (secondary N) is 1. The fraction of sp³-hybridized carbons (Fsp3) is 0.294. The van der Waals surface area contributed by atoms with Gasteiger partial charge in [-0.15, -0.1) is 0 Å². The first-order chi connectivity index (χ1) is 12.1. The van der Waals surface area contributed by atoms with E-state index in [4.69, 9.17) is 5.26 Å². The van der Waals surface area contributed by atoms with Crippen molar-refractivity contribution in [1.82, 2.24) is 15.2 Å². The molecule has 1 N–H and O–H groups in total. The molecule has 0 bridgehead atoms. The summed E-state index contributed by atoms with van der Waals surface area (Å²) in [5, 5.41) is 12.1. The fourth-order valence-corrected chi connectivity index (χ4v) is 3.21. The molecular weight excluding hydrogens is 343 g/mol. The molecule has 1 aliphatic rings. The van der Waals surface area contributed by atoms with Crippen LogP contribution >= 0.6 is 12.1 Å². The molecule has 0 spiro atoms. The summed E-state index contributed by atoms with van der Waals surface area (Å²) in [6.45, 7) is 0.348. The van der Waals surface area contributed by atoms with E-state index < -0.39 is 11.9 Å². The van der Waals surface area contributed by atoms with Crippen molar-refractivity contribution in [3.8, 4) is 6.07 Å². The number of amides is 2. The maximum Gasteiger partial charge on any atom is 0.252 e. The lowest BCUT2D eigenvalue weighted by atomic mass is 10.1. The van der Waals surface area contributed by atoms with Crippen LogP contribution in [0.4, 0.5) is 3.89 Å². The van der Waals surface area contributed by atoms with Crippen LogP contribution in [0.25, 0.3) is 10.9 Å². The second kappa shape index (κ2) is 7.49. The Kier molecular flexibility index (Phi) is 5.14. The summed E-state index contributed by atoms with van der Waals surface area (Å²) < 4.78 is 12.8. The molecule has 1 saturated heterocycles. The smallest absolute Gasteiger partial charge is 0.252 e. The van der Waals surface area contributed by atoms with E-state index in [0.717, 1.165) is 6.42 Å². The van der Waals surface area contributed by atoms with Gasteiger partial charge >= 0.3 is 0 Å². The number of nitriles is 1. The zero-order valence-corrected chi connectivity index (χ0v) is 14.1. The van der Waals surface area contributed by atoms with Gasteiger partial charge in [0.15, 0.2) is 0 Å². The third-order valence-corrected chi connectivity index (χ3v) is 4.60. The fourth-order valence-electron chi connectivity index (χ4n) is 2.92. The van der Waals surface area contributed by atoms with E-state index in [-0.39, 0.29) is 24.6 Å². The van der Waals surface area contributed by atoms with Gasteiger partial charge in [-0.05, 0) is 37.1 Å². The van der Waals surface area contributed by atoms with E-state index in [2.05, 4.69) is 16.4 Å². The minimum Gasteiger partial charge on any atom is -0.343 e.